The summed E-state index contributed by atoms with van der Waals surface area (Å²) in [7, 11) is 1.62. The minimum Gasteiger partial charge on any atom is -0.496 e. The molecule has 0 radical (unpaired) electrons. The van der Waals surface area contributed by atoms with Crippen LogP contribution in [0.2, 0.25) is 0 Å². The van der Waals surface area contributed by atoms with Crippen molar-refractivity contribution in [2.75, 3.05) is 31.7 Å². The lowest BCUT2D eigenvalue weighted by atomic mass is 10.1. The van der Waals surface area contributed by atoms with E-state index in [1.807, 2.05) is 24.3 Å². The molecular formula is C18H21N3O3. The molecule has 0 spiro atoms. The van der Waals surface area contributed by atoms with Crippen LogP contribution in [0.5, 0.6) is 5.75 Å². The number of esters is 1. The van der Waals surface area contributed by atoms with E-state index in [9.17, 15) is 4.79 Å². The first-order valence-electron chi connectivity index (χ1n) is 8.17. The summed E-state index contributed by atoms with van der Waals surface area (Å²) in [5.74, 6) is 1.50. The first kappa shape index (κ1) is 16.2. The molecule has 1 saturated heterocycles. The predicted octanol–water partition coefficient (Wildman–Crippen LogP) is 2.93. The number of carbonyl (C=O) groups excluding carboxylic acids is 1. The number of hydrogen-bond donors (Lipinski definition) is 0. The number of methoxy groups -OCH3 is 1. The van der Waals surface area contributed by atoms with Gasteiger partial charge in [0, 0.05) is 19.3 Å². The van der Waals surface area contributed by atoms with Crippen molar-refractivity contribution in [1.29, 1.82) is 0 Å². The van der Waals surface area contributed by atoms with E-state index >= 15 is 0 Å². The predicted molar refractivity (Wildman–Crippen MR) is 91.4 cm³/mol. The average molecular weight is 327 g/mol. The topological polar surface area (TPSA) is 64.5 Å². The molecule has 24 heavy (non-hydrogen) atoms. The largest absolute Gasteiger partial charge is 0.496 e. The minimum absolute atomic E-state index is 0.326. The Morgan fingerprint density at radius 1 is 1.25 bits per heavy atom. The molecule has 6 heteroatoms. The lowest BCUT2D eigenvalue weighted by molar-refractivity contribution is 0.0526. The highest BCUT2D eigenvalue weighted by Gasteiger charge is 2.24. The van der Waals surface area contributed by atoms with Gasteiger partial charge in [-0.2, -0.15) is 0 Å². The molecule has 0 bridgehead atoms. The standard InChI is InChI=1S/C18H21N3O3/c1-3-24-18(22)14-12-19-16(13-8-4-5-9-15(13)23-2)20-17(14)21-10-6-7-11-21/h4-5,8-9,12H,3,6-7,10-11H2,1-2H3. The van der Waals surface area contributed by atoms with Crippen molar-refractivity contribution in [3.63, 3.8) is 0 Å². The Balaban J connectivity index is 2.06. The van der Waals surface area contributed by atoms with Crippen molar-refractivity contribution in [1.82, 2.24) is 9.97 Å². The number of rotatable bonds is 5. The van der Waals surface area contributed by atoms with Gasteiger partial charge >= 0.3 is 5.97 Å². The summed E-state index contributed by atoms with van der Waals surface area (Å²) in [5, 5.41) is 0. The van der Waals surface area contributed by atoms with Crippen molar-refractivity contribution in [2.45, 2.75) is 19.8 Å². The number of ether oxygens (including phenoxy) is 2. The van der Waals surface area contributed by atoms with E-state index in [2.05, 4.69) is 14.9 Å². The molecule has 0 unspecified atom stereocenters. The quantitative estimate of drug-likeness (QED) is 0.787. The Morgan fingerprint density at radius 2 is 2.00 bits per heavy atom. The maximum atomic E-state index is 12.2. The first-order valence-corrected chi connectivity index (χ1v) is 8.17. The van der Waals surface area contributed by atoms with Crippen LogP contribution >= 0.6 is 0 Å². The van der Waals surface area contributed by atoms with E-state index in [0.717, 1.165) is 31.5 Å². The molecule has 1 aliphatic rings. The second-order valence-electron chi connectivity index (χ2n) is 5.55. The molecule has 0 atom stereocenters. The highest BCUT2D eigenvalue weighted by Crippen LogP contribution is 2.30. The molecular weight excluding hydrogens is 306 g/mol. The molecule has 0 saturated carbocycles. The SMILES string of the molecule is CCOC(=O)c1cnc(-c2ccccc2OC)nc1N1CCCC1. The molecule has 0 aliphatic carbocycles. The molecule has 1 aliphatic heterocycles. The van der Waals surface area contributed by atoms with E-state index in [0.29, 0.717) is 29.6 Å². The van der Waals surface area contributed by atoms with Crippen molar-refractivity contribution < 1.29 is 14.3 Å². The lowest BCUT2D eigenvalue weighted by Gasteiger charge is -2.20. The normalized spacial score (nSPS) is 13.8. The number of para-hydroxylation sites is 1. The van der Waals surface area contributed by atoms with Gasteiger partial charge < -0.3 is 14.4 Å². The fourth-order valence-corrected chi connectivity index (χ4v) is 2.85. The van der Waals surface area contributed by atoms with E-state index in [1.54, 1.807) is 20.2 Å². The Morgan fingerprint density at radius 3 is 2.71 bits per heavy atom. The van der Waals surface area contributed by atoms with Crippen molar-refractivity contribution in [2.24, 2.45) is 0 Å². The minimum atomic E-state index is -0.383. The smallest absolute Gasteiger partial charge is 0.343 e. The van der Waals surface area contributed by atoms with Gasteiger partial charge in [0.15, 0.2) is 5.82 Å². The van der Waals surface area contributed by atoms with Crippen LogP contribution in [-0.2, 0) is 4.74 Å². The highest BCUT2D eigenvalue weighted by atomic mass is 16.5. The Kier molecular flexibility index (Phi) is 4.93. The van der Waals surface area contributed by atoms with Crippen molar-refractivity contribution in [3.05, 3.63) is 36.0 Å². The van der Waals surface area contributed by atoms with Gasteiger partial charge in [0.05, 0.1) is 19.3 Å². The number of benzene rings is 1. The third-order valence-electron chi connectivity index (χ3n) is 4.02. The van der Waals surface area contributed by atoms with Gasteiger partial charge in [-0.25, -0.2) is 14.8 Å². The zero-order valence-corrected chi connectivity index (χ0v) is 14.0. The summed E-state index contributed by atoms with van der Waals surface area (Å²) in [5.41, 5.74) is 1.22. The van der Waals surface area contributed by atoms with Gasteiger partial charge in [-0.05, 0) is 31.9 Å². The third-order valence-corrected chi connectivity index (χ3v) is 4.02. The lowest BCUT2D eigenvalue weighted by Crippen LogP contribution is -2.23. The summed E-state index contributed by atoms with van der Waals surface area (Å²) < 4.78 is 10.5. The molecule has 3 rings (SSSR count). The summed E-state index contributed by atoms with van der Waals surface area (Å²) in [6, 6.07) is 7.59. The van der Waals surface area contributed by atoms with Gasteiger partial charge in [-0.3, -0.25) is 0 Å². The Labute approximate surface area is 141 Å². The fraction of sp³-hybridized carbons (Fsp3) is 0.389. The molecule has 1 fully saturated rings. The number of carbonyl (C=O) groups is 1. The number of hydrogen-bond acceptors (Lipinski definition) is 6. The molecule has 1 aromatic carbocycles. The zero-order valence-electron chi connectivity index (χ0n) is 14.0. The van der Waals surface area contributed by atoms with Crippen LogP contribution in [0.3, 0.4) is 0 Å². The van der Waals surface area contributed by atoms with Gasteiger partial charge in [0.2, 0.25) is 0 Å². The summed E-state index contributed by atoms with van der Waals surface area (Å²) in [4.78, 5) is 23.4. The fourth-order valence-electron chi connectivity index (χ4n) is 2.85. The highest BCUT2D eigenvalue weighted by molar-refractivity contribution is 5.95. The Bertz CT molecular complexity index is 727. The second kappa shape index (κ2) is 7.29. The molecule has 2 heterocycles. The number of aromatic nitrogens is 2. The third kappa shape index (κ3) is 3.18. The Hall–Kier alpha value is -2.63. The first-order chi connectivity index (χ1) is 11.7. The van der Waals surface area contributed by atoms with E-state index < -0.39 is 0 Å². The van der Waals surface area contributed by atoms with Crippen molar-refractivity contribution in [3.8, 4) is 17.1 Å². The van der Waals surface area contributed by atoms with Crippen LogP contribution in [0.4, 0.5) is 5.82 Å². The maximum Gasteiger partial charge on any atom is 0.343 e. The van der Waals surface area contributed by atoms with E-state index in [1.165, 1.54) is 0 Å². The van der Waals surface area contributed by atoms with Gasteiger partial charge in [0.1, 0.15) is 17.1 Å². The van der Waals surface area contributed by atoms with Crippen LogP contribution in [-0.4, -0.2) is 42.7 Å². The monoisotopic (exact) mass is 327 g/mol. The zero-order chi connectivity index (χ0) is 16.9. The van der Waals surface area contributed by atoms with Crippen LogP contribution in [0.25, 0.3) is 11.4 Å². The summed E-state index contributed by atoms with van der Waals surface area (Å²) in [6.45, 7) is 3.88. The molecule has 0 amide bonds. The van der Waals surface area contributed by atoms with Gasteiger partial charge in [-0.15, -0.1) is 0 Å². The average Bonchev–Trinajstić information content (AvgIpc) is 3.16. The second-order valence-corrected chi connectivity index (χ2v) is 5.55. The summed E-state index contributed by atoms with van der Waals surface area (Å²) >= 11 is 0. The van der Waals surface area contributed by atoms with Crippen LogP contribution in [0.1, 0.15) is 30.1 Å². The molecule has 6 nitrogen and oxygen atoms in total. The van der Waals surface area contributed by atoms with Crippen LogP contribution in [0, 0.1) is 0 Å². The summed E-state index contributed by atoms with van der Waals surface area (Å²) in [6.07, 6.45) is 3.74. The van der Waals surface area contributed by atoms with E-state index in [-0.39, 0.29) is 5.97 Å². The molecule has 1 aromatic heterocycles. The maximum absolute atomic E-state index is 12.2. The van der Waals surface area contributed by atoms with Gasteiger partial charge in [-0.1, -0.05) is 12.1 Å². The molecule has 0 N–H and O–H groups in total. The number of anilines is 1. The van der Waals surface area contributed by atoms with Gasteiger partial charge in [0.25, 0.3) is 0 Å². The number of nitrogens with zero attached hydrogens (tertiary/aromatic N) is 3. The van der Waals surface area contributed by atoms with E-state index in [4.69, 9.17) is 9.47 Å². The molecule has 2 aromatic rings. The molecule has 126 valence electrons. The van der Waals surface area contributed by atoms with Crippen LogP contribution < -0.4 is 9.64 Å². The van der Waals surface area contributed by atoms with Crippen LogP contribution in [0.15, 0.2) is 30.5 Å². The van der Waals surface area contributed by atoms with Crippen molar-refractivity contribution >= 4 is 11.8 Å².